The van der Waals surface area contributed by atoms with Gasteiger partial charge in [-0.05, 0) is 18.2 Å². The highest BCUT2D eigenvalue weighted by molar-refractivity contribution is 7.20. The van der Waals surface area contributed by atoms with E-state index >= 15 is 0 Å². The van der Waals surface area contributed by atoms with E-state index in [9.17, 15) is 4.79 Å². The van der Waals surface area contributed by atoms with Crippen LogP contribution in [0, 0.1) is 0 Å². The number of amides is 1. The Hall–Kier alpha value is -2.44. The topological polar surface area (TPSA) is 77.2 Å². The fourth-order valence-corrected chi connectivity index (χ4v) is 3.21. The molecule has 5 nitrogen and oxygen atoms in total. The van der Waals surface area contributed by atoms with Crippen LogP contribution in [0.3, 0.4) is 0 Å². The van der Waals surface area contributed by atoms with Crippen LogP contribution in [0.4, 0.5) is 0 Å². The van der Waals surface area contributed by atoms with E-state index in [0.29, 0.717) is 17.3 Å². The fourth-order valence-electron chi connectivity index (χ4n) is 2.33. The Bertz CT molecular complexity index is 798. The normalized spacial score (nSPS) is 12.1. The fraction of sp³-hybridized carbons (Fsp3) is 0.176. The van der Waals surface area contributed by atoms with Crippen LogP contribution in [0.25, 0.3) is 10.2 Å². The summed E-state index contributed by atoms with van der Waals surface area (Å²) in [5, 5.41) is 3.28. The van der Waals surface area contributed by atoms with Crippen LogP contribution in [0.2, 0.25) is 0 Å². The Morgan fingerprint density at radius 3 is 2.78 bits per heavy atom. The van der Waals surface area contributed by atoms with Gasteiger partial charge in [0.25, 0.3) is 5.91 Å². The Morgan fingerprint density at radius 2 is 2.00 bits per heavy atom. The van der Waals surface area contributed by atoms with Crippen LogP contribution in [0.5, 0.6) is 5.75 Å². The minimum Gasteiger partial charge on any atom is -0.496 e. The van der Waals surface area contributed by atoms with Gasteiger partial charge in [-0.2, -0.15) is 0 Å². The van der Waals surface area contributed by atoms with Crippen LogP contribution in [-0.4, -0.2) is 24.5 Å². The average Bonchev–Trinajstić information content (AvgIpc) is 3.03. The molecule has 2 aromatic carbocycles. The number of hydrogen-bond donors (Lipinski definition) is 2. The summed E-state index contributed by atoms with van der Waals surface area (Å²) in [4.78, 5) is 16.6. The third-order valence-corrected chi connectivity index (χ3v) is 4.54. The van der Waals surface area contributed by atoms with Crippen LogP contribution in [0.1, 0.15) is 21.4 Å². The minimum absolute atomic E-state index is 0.212. The Labute approximate surface area is 138 Å². The Kier molecular flexibility index (Phi) is 4.55. The molecule has 0 aliphatic rings. The van der Waals surface area contributed by atoms with Crippen LogP contribution in [0.15, 0.2) is 48.5 Å². The van der Waals surface area contributed by atoms with Crippen molar-refractivity contribution < 1.29 is 9.53 Å². The summed E-state index contributed by atoms with van der Waals surface area (Å²) in [6, 6.07) is 14.9. The first kappa shape index (κ1) is 15.5. The SMILES string of the molecule is COc1ccccc1[C@@H](N)CNC(=O)c1nc2ccccc2s1. The highest BCUT2D eigenvalue weighted by atomic mass is 32.1. The number of carbonyl (C=O) groups is 1. The zero-order valence-corrected chi connectivity index (χ0v) is 13.5. The van der Waals surface area contributed by atoms with Gasteiger partial charge in [-0.15, -0.1) is 11.3 Å². The molecule has 0 saturated carbocycles. The van der Waals surface area contributed by atoms with Crippen LogP contribution in [-0.2, 0) is 0 Å². The van der Waals surface area contributed by atoms with Gasteiger partial charge in [0.05, 0.1) is 23.4 Å². The molecule has 0 aliphatic carbocycles. The maximum Gasteiger partial charge on any atom is 0.280 e. The second-order valence-corrected chi connectivity index (χ2v) is 6.08. The first-order chi connectivity index (χ1) is 11.2. The smallest absolute Gasteiger partial charge is 0.280 e. The number of fused-ring (bicyclic) bond motifs is 1. The molecule has 118 valence electrons. The lowest BCUT2D eigenvalue weighted by Crippen LogP contribution is -2.32. The third kappa shape index (κ3) is 3.33. The highest BCUT2D eigenvalue weighted by Crippen LogP contribution is 2.23. The molecule has 23 heavy (non-hydrogen) atoms. The Morgan fingerprint density at radius 1 is 1.26 bits per heavy atom. The van der Waals surface area contributed by atoms with Gasteiger partial charge >= 0.3 is 0 Å². The molecule has 1 atom stereocenters. The lowest BCUT2D eigenvalue weighted by Gasteiger charge is -2.15. The first-order valence-corrected chi connectivity index (χ1v) is 8.03. The summed E-state index contributed by atoms with van der Waals surface area (Å²) in [6.45, 7) is 0.315. The molecule has 0 radical (unpaired) electrons. The summed E-state index contributed by atoms with van der Waals surface area (Å²) < 4.78 is 6.29. The van der Waals surface area contributed by atoms with E-state index in [-0.39, 0.29) is 11.9 Å². The highest BCUT2D eigenvalue weighted by Gasteiger charge is 2.15. The number of ether oxygens (including phenoxy) is 1. The number of nitrogens with zero attached hydrogens (tertiary/aromatic N) is 1. The monoisotopic (exact) mass is 327 g/mol. The molecule has 0 fully saturated rings. The second-order valence-electron chi connectivity index (χ2n) is 5.05. The number of rotatable bonds is 5. The summed E-state index contributed by atoms with van der Waals surface area (Å²) in [7, 11) is 1.60. The largest absolute Gasteiger partial charge is 0.496 e. The molecule has 1 aromatic heterocycles. The molecule has 0 bridgehead atoms. The predicted octanol–water partition coefficient (Wildman–Crippen LogP) is 2.73. The number of hydrogen-bond acceptors (Lipinski definition) is 5. The van der Waals surface area contributed by atoms with Crippen molar-refractivity contribution in [3.8, 4) is 5.75 Å². The molecule has 3 N–H and O–H groups in total. The number of benzene rings is 2. The molecule has 0 unspecified atom stereocenters. The van der Waals surface area contributed by atoms with E-state index in [1.165, 1.54) is 11.3 Å². The van der Waals surface area contributed by atoms with Crippen molar-refractivity contribution in [1.82, 2.24) is 10.3 Å². The molecule has 1 heterocycles. The molecule has 1 amide bonds. The van der Waals surface area contributed by atoms with Gasteiger partial charge < -0.3 is 15.8 Å². The molecule has 0 saturated heterocycles. The quantitative estimate of drug-likeness (QED) is 0.755. The summed E-state index contributed by atoms with van der Waals surface area (Å²) >= 11 is 1.37. The number of methoxy groups -OCH3 is 1. The second kappa shape index (κ2) is 6.76. The molecule has 3 rings (SSSR count). The maximum atomic E-state index is 12.3. The van der Waals surface area contributed by atoms with Crippen molar-refractivity contribution in [3.63, 3.8) is 0 Å². The summed E-state index contributed by atoms with van der Waals surface area (Å²) in [5.41, 5.74) is 7.85. The van der Waals surface area contributed by atoms with Crippen LogP contribution >= 0.6 is 11.3 Å². The van der Waals surface area contributed by atoms with Crippen LogP contribution < -0.4 is 15.8 Å². The van der Waals surface area contributed by atoms with Gasteiger partial charge in [0.2, 0.25) is 0 Å². The van der Waals surface area contributed by atoms with E-state index in [1.807, 2.05) is 48.5 Å². The zero-order valence-electron chi connectivity index (χ0n) is 12.7. The first-order valence-electron chi connectivity index (χ1n) is 7.21. The van der Waals surface area contributed by atoms with E-state index in [4.69, 9.17) is 10.5 Å². The van der Waals surface area contributed by atoms with Gasteiger partial charge in [-0.1, -0.05) is 30.3 Å². The van der Waals surface area contributed by atoms with Crippen molar-refractivity contribution >= 4 is 27.5 Å². The number of carbonyl (C=O) groups excluding carboxylic acids is 1. The van der Waals surface area contributed by atoms with Crippen molar-refractivity contribution in [2.24, 2.45) is 5.73 Å². The Balaban J connectivity index is 1.68. The van der Waals surface area contributed by atoms with E-state index in [0.717, 1.165) is 15.8 Å². The van der Waals surface area contributed by atoms with Gasteiger partial charge in [0.1, 0.15) is 5.75 Å². The summed E-state index contributed by atoms with van der Waals surface area (Å²) in [6.07, 6.45) is 0. The third-order valence-electron chi connectivity index (χ3n) is 3.51. The predicted molar refractivity (Wildman–Crippen MR) is 91.9 cm³/mol. The average molecular weight is 327 g/mol. The van der Waals surface area contributed by atoms with E-state index < -0.39 is 0 Å². The van der Waals surface area contributed by atoms with Gasteiger partial charge in [0.15, 0.2) is 5.01 Å². The number of nitrogens with one attached hydrogen (secondary N) is 1. The minimum atomic E-state index is -0.343. The van der Waals surface area contributed by atoms with E-state index in [1.54, 1.807) is 7.11 Å². The number of nitrogens with two attached hydrogens (primary N) is 1. The van der Waals surface area contributed by atoms with Gasteiger partial charge in [-0.3, -0.25) is 4.79 Å². The maximum absolute atomic E-state index is 12.3. The van der Waals surface area contributed by atoms with Crippen molar-refractivity contribution in [2.45, 2.75) is 6.04 Å². The molecule has 0 spiro atoms. The zero-order chi connectivity index (χ0) is 16.2. The molecule has 0 aliphatic heterocycles. The molecular weight excluding hydrogens is 310 g/mol. The number of aromatic nitrogens is 1. The van der Waals surface area contributed by atoms with Gasteiger partial charge in [-0.25, -0.2) is 4.98 Å². The van der Waals surface area contributed by atoms with Crippen molar-refractivity contribution in [1.29, 1.82) is 0 Å². The van der Waals surface area contributed by atoms with E-state index in [2.05, 4.69) is 10.3 Å². The number of thiazole rings is 1. The lowest BCUT2D eigenvalue weighted by molar-refractivity contribution is 0.0951. The van der Waals surface area contributed by atoms with Crippen molar-refractivity contribution in [3.05, 3.63) is 59.1 Å². The van der Waals surface area contributed by atoms with Crippen molar-refractivity contribution in [2.75, 3.05) is 13.7 Å². The standard InChI is InChI=1S/C17H17N3O2S/c1-22-14-8-4-2-6-11(14)12(18)10-19-16(21)17-20-13-7-3-5-9-15(13)23-17/h2-9,12H,10,18H2,1H3,(H,19,21)/t12-/m0/s1. The molecular formula is C17H17N3O2S. The molecule has 3 aromatic rings. The molecule has 6 heteroatoms. The summed E-state index contributed by atoms with van der Waals surface area (Å²) in [5.74, 6) is 0.505. The lowest BCUT2D eigenvalue weighted by atomic mass is 10.1. The van der Waals surface area contributed by atoms with Gasteiger partial charge in [0, 0.05) is 12.1 Å². The number of para-hydroxylation sites is 2.